The van der Waals surface area contributed by atoms with Crippen LogP contribution in [0.4, 0.5) is 17.6 Å². The third kappa shape index (κ3) is 5.57. The number of alkyl halides is 4. The van der Waals surface area contributed by atoms with Crippen LogP contribution in [0.1, 0.15) is 18.5 Å². The highest BCUT2D eigenvalue weighted by Gasteiger charge is 2.33. The van der Waals surface area contributed by atoms with Gasteiger partial charge in [-0.15, -0.1) is 25.6 Å². The molecule has 0 aliphatic heterocycles. The maximum Gasteiger partial charge on any atom is 0.573 e. The molecular weight excluding hydrogens is 334 g/mol. The van der Waals surface area contributed by atoms with Gasteiger partial charge in [-0.3, -0.25) is 0 Å². The van der Waals surface area contributed by atoms with E-state index in [9.17, 15) is 27.5 Å². The molecule has 0 saturated carbocycles. The summed E-state index contributed by atoms with van der Waals surface area (Å²) in [6.45, 7) is 1.36. The first kappa shape index (κ1) is 20.3. The minimum absolute atomic E-state index is 0. The monoisotopic (exact) mass is 347 g/mol. The van der Waals surface area contributed by atoms with Crippen molar-refractivity contribution in [3.05, 3.63) is 23.8 Å². The average molecular weight is 348 g/mol. The molecule has 0 radical (unpaired) electrons. The second-order valence-corrected chi connectivity index (χ2v) is 3.95. The van der Waals surface area contributed by atoms with Gasteiger partial charge in [0.05, 0.1) is 12.6 Å². The van der Waals surface area contributed by atoms with Crippen molar-refractivity contribution >= 4 is 18.4 Å². The normalized spacial score (nSPS) is 13.7. The molecule has 0 aliphatic rings. The van der Waals surface area contributed by atoms with Crippen molar-refractivity contribution in [2.75, 3.05) is 6.61 Å². The predicted octanol–water partition coefficient (Wildman–Crippen LogP) is 2.61. The van der Waals surface area contributed by atoms with Crippen molar-refractivity contribution in [2.45, 2.75) is 25.5 Å². The third-order valence-corrected chi connectivity index (χ3v) is 2.42. The molecule has 126 valence electrons. The molecule has 0 amide bonds. The highest BCUT2D eigenvalue weighted by molar-refractivity contribution is 5.85. The van der Waals surface area contributed by atoms with E-state index < -0.39 is 41.6 Å². The SMILES string of the molecule is CCOC(=O)C(F)[C@@H](N)c1cc(OC(F)(F)F)ccc1O.Cl. The number of hydrogen-bond acceptors (Lipinski definition) is 5. The molecule has 0 heterocycles. The highest BCUT2D eigenvalue weighted by atomic mass is 35.5. The molecule has 1 aromatic rings. The Balaban J connectivity index is 0.00000441. The maximum atomic E-state index is 13.7. The van der Waals surface area contributed by atoms with Crippen LogP contribution >= 0.6 is 12.4 Å². The van der Waals surface area contributed by atoms with Gasteiger partial charge in [0.2, 0.25) is 6.17 Å². The van der Waals surface area contributed by atoms with E-state index in [1.54, 1.807) is 0 Å². The number of phenols is 1. The molecule has 0 saturated heterocycles. The Morgan fingerprint density at radius 1 is 1.41 bits per heavy atom. The number of halogens is 5. The van der Waals surface area contributed by atoms with Crippen LogP contribution in [0.25, 0.3) is 0 Å². The van der Waals surface area contributed by atoms with Crippen LogP contribution in [0.5, 0.6) is 11.5 Å². The Hall–Kier alpha value is -1.74. The first-order valence-electron chi connectivity index (χ1n) is 5.80. The van der Waals surface area contributed by atoms with Gasteiger partial charge in [0, 0.05) is 5.56 Å². The molecule has 2 atom stereocenters. The number of hydrogen-bond donors (Lipinski definition) is 2. The third-order valence-electron chi connectivity index (χ3n) is 2.42. The van der Waals surface area contributed by atoms with Gasteiger partial charge in [-0.05, 0) is 25.1 Å². The summed E-state index contributed by atoms with van der Waals surface area (Å²) in [5.41, 5.74) is 5.03. The van der Waals surface area contributed by atoms with Gasteiger partial charge in [0.1, 0.15) is 11.5 Å². The van der Waals surface area contributed by atoms with Crippen LogP contribution in [-0.4, -0.2) is 30.2 Å². The van der Waals surface area contributed by atoms with Gasteiger partial charge >= 0.3 is 12.3 Å². The van der Waals surface area contributed by atoms with E-state index in [0.717, 1.165) is 12.1 Å². The van der Waals surface area contributed by atoms with Gasteiger partial charge in [-0.1, -0.05) is 0 Å². The molecule has 0 aliphatic carbocycles. The van der Waals surface area contributed by atoms with Crippen molar-refractivity contribution in [3.63, 3.8) is 0 Å². The second kappa shape index (κ2) is 8.04. The van der Waals surface area contributed by atoms with Gasteiger partial charge in [-0.25, -0.2) is 9.18 Å². The summed E-state index contributed by atoms with van der Waals surface area (Å²) in [6, 6.07) is 0.699. The summed E-state index contributed by atoms with van der Waals surface area (Å²) in [6.07, 6.45) is -7.29. The Kier molecular flexibility index (Phi) is 7.41. The van der Waals surface area contributed by atoms with E-state index >= 15 is 0 Å². The molecule has 1 rings (SSSR count). The minimum Gasteiger partial charge on any atom is -0.508 e. The molecule has 0 aromatic heterocycles. The summed E-state index contributed by atoms with van der Waals surface area (Å²) in [5.74, 6) is -2.53. The maximum absolute atomic E-state index is 13.7. The highest BCUT2D eigenvalue weighted by Crippen LogP contribution is 2.32. The molecular formula is C12H14ClF4NO4. The lowest BCUT2D eigenvalue weighted by molar-refractivity contribution is -0.274. The van der Waals surface area contributed by atoms with Crippen molar-refractivity contribution in [1.29, 1.82) is 0 Å². The standard InChI is InChI=1S/C12H13F4NO4.ClH/c1-2-20-11(19)9(13)10(17)7-5-6(3-4-8(7)18)21-12(14,15)16;/h3-5,9-10,18H,2,17H2,1H3;1H/t9?,10-;/m0./s1. The Morgan fingerprint density at radius 3 is 2.50 bits per heavy atom. The molecule has 10 heteroatoms. The number of carbonyl (C=O) groups is 1. The fourth-order valence-corrected chi connectivity index (χ4v) is 1.52. The van der Waals surface area contributed by atoms with Gasteiger partial charge in [0.15, 0.2) is 0 Å². The zero-order chi connectivity index (χ0) is 16.2. The lowest BCUT2D eigenvalue weighted by Crippen LogP contribution is -2.31. The average Bonchev–Trinajstić information content (AvgIpc) is 2.38. The van der Waals surface area contributed by atoms with Crippen LogP contribution in [0.3, 0.4) is 0 Å². The van der Waals surface area contributed by atoms with E-state index in [4.69, 9.17) is 5.73 Å². The van der Waals surface area contributed by atoms with E-state index in [1.807, 2.05) is 0 Å². The minimum atomic E-state index is -4.95. The van der Waals surface area contributed by atoms with Crippen LogP contribution in [0.15, 0.2) is 18.2 Å². The van der Waals surface area contributed by atoms with E-state index in [0.29, 0.717) is 6.07 Å². The second-order valence-electron chi connectivity index (χ2n) is 3.95. The summed E-state index contributed by atoms with van der Waals surface area (Å²) < 4.78 is 58.1. The van der Waals surface area contributed by atoms with Crippen LogP contribution in [0.2, 0.25) is 0 Å². The zero-order valence-corrected chi connectivity index (χ0v) is 12.1. The van der Waals surface area contributed by atoms with Gasteiger partial charge in [0.25, 0.3) is 0 Å². The van der Waals surface area contributed by atoms with Gasteiger partial charge in [-0.2, -0.15) is 0 Å². The molecule has 1 aromatic carbocycles. The van der Waals surface area contributed by atoms with Crippen molar-refractivity contribution < 1.29 is 36.9 Å². The number of carbonyl (C=O) groups excluding carboxylic acids is 1. The molecule has 5 nitrogen and oxygen atoms in total. The Bertz CT molecular complexity index is 512. The van der Waals surface area contributed by atoms with E-state index in [1.165, 1.54) is 6.92 Å². The number of phenolic OH excluding ortho intramolecular Hbond substituents is 1. The summed E-state index contributed by atoms with van der Waals surface area (Å²) in [4.78, 5) is 11.2. The molecule has 1 unspecified atom stereocenters. The fraction of sp³-hybridized carbons (Fsp3) is 0.417. The number of benzene rings is 1. The number of ether oxygens (including phenoxy) is 2. The molecule has 22 heavy (non-hydrogen) atoms. The summed E-state index contributed by atoms with van der Waals surface area (Å²) >= 11 is 0. The lowest BCUT2D eigenvalue weighted by atomic mass is 10.0. The van der Waals surface area contributed by atoms with Crippen molar-refractivity contribution in [2.24, 2.45) is 5.73 Å². The molecule has 0 spiro atoms. The quantitative estimate of drug-likeness (QED) is 0.632. The van der Waals surface area contributed by atoms with Crippen LogP contribution in [-0.2, 0) is 9.53 Å². The topological polar surface area (TPSA) is 81.8 Å². The first-order chi connectivity index (χ1) is 9.65. The van der Waals surface area contributed by atoms with Gasteiger partial charge < -0.3 is 20.3 Å². The summed E-state index contributed by atoms with van der Waals surface area (Å²) in [5, 5.41) is 9.53. The predicted molar refractivity (Wildman–Crippen MR) is 70.5 cm³/mol. The number of esters is 1. The number of aromatic hydroxyl groups is 1. The number of rotatable bonds is 5. The van der Waals surface area contributed by atoms with Crippen molar-refractivity contribution in [1.82, 2.24) is 0 Å². The molecule has 0 fully saturated rings. The zero-order valence-electron chi connectivity index (χ0n) is 11.3. The smallest absolute Gasteiger partial charge is 0.508 e. The van der Waals surface area contributed by atoms with Crippen LogP contribution in [0, 0.1) is 0 Å². The Labute approximate surface area is 129 Å². The van der Waals surface area contributed by atoms with E-state index in [-0.39, 0.29) is 19.0 Å². The molecule has 3 N–H and O–H groups in total. The lowest BCUT2D eigenvalue weighted by Gasteiger charge is -2.18. The van der Waals surface area contributed by atoms with Crippen LogP contribution < -0.4 is 10.5 Å². The first-order valence-corrected chi connectivity index (χ1v) is 5.80. The largest absolute Gasteiger partial charge is 0.573 e. The summed E-state index contributed by atoms with van der Waals surface area (Å²) in [7, 11) is 0. The Morgan fingerprint density at radius 2 is 2.00 bits per heavy atom. The van der Waals surface area contributed by atoms with E-state index in [2.05, 4.69) is 9.47 Å². The fourth-order valence-electron chi connectivity index (χ4n) is 1.52. The molecule has 0 bridgehead atoms. The number of nitrogens with two attached hydrogens (primary N) is 1. The van der Waals surface area contributed by atoms with Crippen molar-refractivity contribution in [3.8, 4) is 11.5 Å².